The summed E-state index contributed by atoms with van der Waals surface area (Å²) in [6.07, 6.45) is 1.81. The maximum Gasteiger partial charge on any atom is 0.323 e. The highest BCUT2D eigenvalue weighted by Gasteiger charge is 2.38. The number of likely N-dealkylation sites (tertiary alicyclic amines) is 1. The van der Waals surface area contributed by atoms with Gasteiger partial charge in [0.25, 0.3) is 0 Å². The average molecular weight is 513 g/mol. The maximum atomic E-state index is 13.2. The van der Waals surface area contributed by atoms with Crippen molar-refractivity contribution in [2.45, 2.75) is 25.0 Å². The standard InChI is InChI=1S/C28H28N6O4/c29-19-14-25(26(35)31-15-18-7-6-10-21(13-18)38-20-8-2-1-3-9-20)34(16-19)28(37)32-23-17-33(27(30)36)24-12-5-4-11-22(23)24/h1-13,17,19,25H,14-16,29H2,(H2,30,36)(H,31,35)(H,32,37)/t19-,25-/m0/s1. The van der Waals surface area contributed by atoms with Crippen molar-refractivity contribution in [3.63, 3.8) is 0 Å². The number of benzene rings is 3. The normalized spacial score (nSPS) is 16.8. The van der Waals surface area contributed by atoms with Crippen molar-refractivity contribution < 1.29 is 19.1 Å². The van der Waals surface area contributed by atoms with E-state index in [4.69, 9.17) is 16.2 Å². The molecule has 1 saturated heterocycles. The highest BCUT2D eigenvalue weighted by molar-refractivity contribution is 6.05. The van der Waals surface area contributed by atoms with Crippen LogP contribution in [-0.2, 0) is 11.3 Å². The number of carbonyl (C=O) groups is 3. The molecule has 1 aliphatic heterocycles. The number of ether oxygens (including phenoxy) is 1. The lowest BCUT2D eigenvalue weighted by molar-refractivity contribution is -0.124. The molecular formula is C28H28N6O4. The molecule has 10 heteroatoms. The Labute approximate surface area is 219 Å². The van der Waals surface area contributed by atoms with Crippen LogP contribution < -0.4 is 26.8 Å². The van der Waals surface area contributed by atoms with E-state index in [1.165, 1.54) is 15.7 Å². The van der Waals surface area contributed by atoms with E-state index in [-0.39, 0.29) is 25.0 Å². The number of fused-ring (bicyclic) bond motifs is 1. The van der Waals surface area contributed by atoms with E-state index < -0.39 is 18.1 Å². The van der Waals surface area contributed by atoms with E-state index in [0.29, 0.717) is 34.5 Å². The predicted molar refractivity (Wildman–Crippen MR) is 144 cm³/mol. The van der Waals surface area contributed by atoms with Crippen molar-refractivity contribution in [2.75, 3.05) is 11.9 Å². The first-order valence-corrected chi connectivity index (χ1v) is 12.2. The van der Waals surface area contributed by atoms with Crippen LogP contribution in [0, 0.1) is 0 Å². The molecule has 0 spiro atoms. The van der Waals surface area contributed by atoms with Crippen LogP contribution >= 0.6 is 0 Å². The SMILES string of the molecule is NC(=O)n1cc(NC(=O)N2C[C@@H](N)C[C@H]2C(=O)NCc2cccc(Oc3ccccc3)c2)c2ccccc21. The van der Waals surface area contributed by atoms with Gasteiger partial charge in [0.15, 0.2) is 0 Å². The fraction of sp³-hybridized carbons (Fsp3) is 0.179. The van der Waals surface area contributed by atoms with Crippen LogP contribution in [0.15, 0.2) is 85.1 Å². The van der Waals surface area contributed by atoms with E-state index in [1.54, 1.807) is 24.3 Å². The van der Waals surface area contributed by atoms with Crippen molar-refractivity contribution in [1.82, 2.24) is 14.8 Å². The van der Waals surface area contributed by atoms with Gasteiger partial charge >= 0.3 is 12.1 Å². The second-order valence-corrected chi connectivity index (χ2v) is 9.14. The molecule has 194 valence electrons. The molecule has 0 bridgehead atoms. The molecule has 3 aromatic carbocycles. The minimum Gasteiger partial charge on any atom is -0.457 e. The third kappa shape index (κ3) is 5.30. The summed E-state index contributed by atoms with van der Waals surface area (Å²) in [5.74, 6) is 1.07. The van der Waals surface area contributed by atoms with Crippen molar-refractivity contribution in [3.05, 3.63) is 90.6 Å². The molecule has 0 saturated carbocycles. The summed E-state index contributed by atoms with van der Waals surface area (Å²) in [6.45, 7) is 0.483. The fourth-order valence-corrected chi connectivity index (χ4v) is 4.64. The van der Waals surface area contributed by atoms with Crippen molar-refractivity contribution in [1.29, 1.82) is 0 Å². The quantitative estimate of drug-likeness (QED) is 0.312. The Kier molecular flexibility index (Phi) is 6.96. The van der Waals surface area contributed by atoms with Crippen molar-refractivity contribution in [2.24, 2.45) is 11.5 Å². The molecule has 4 aromatic rings. The molecule has 1 fully saturated rings. The first kappa shape index (κ1) is 24.8. The minimum atomic E-state index is -0.738. The van der Waals surface area contributed by atoms with Gasteiger partial charge in [-0.25, -0.2) is 9.59 Å². The lowest BCUT2D eigenvalue weighted by atomic mass is 10.1. The number of carbonyl (C=O) groups excluding carboxylic acids is 3. The zero-order valence-electron chi connectivity index (χ0n) is 20.5. The highest BCUT2D eigenvalue weighted by Crippen LogP contribution is 2.27. The number of urea groups is 1. The second-order valence-electron chi connectivity index (χ2n) is 9.14. The molecule has 6 N–H and O–H groups in total. The molecule has 2 atom stereocenters. The number of aromatic nitrogens is 1. The number of amides is 4. The van der Waals surface area contributed by atoms with Crippen LogP contribution in [0.4, 0.5) is 15.3 Å². The van der Waals surface area contributed by atoms with E-state index in [9.17, 15) is 14.4 Å². The van der Waals surface area contributed by atoms with Gasteiger partial charge in [-0.15, -0.1) is 0 Å². The Morgan fingerprint density at radius 2 is 1.68 bits per heavy atom. The number of hydrogen-bond donors (Lipinski definition) is 4. The molecule has 1 aliphatic rings. The van der Waals surface area contributed by atoms with E-state index in [1.807, 2.05) is 54.6 Å². The summed E-state index contributed by atoms with van der Waals surface area (Å²) in [5, 5.41) is 6.39. The van der Waals surface area contributed by atoms with Crippen LogP contribution in [0.5, 0.6) is 11.5 Å². The summed E-state index contributed by atoms with van der Waals surface area (Å²) in [7, 11) is 0. The fourth-order valence-electron chi connectivity index (χ4n) is 4.64. The average Bonchev–Trinajstić information content (AvgIpc) is 3.49. The molecule has 1 aromatic heterocycles. The number of para-hydroxylation sites is 2. The van der Waals surface area contributed by atoms with E-state index >= 15 is 0 Å². The number of nitrogens with two attached hydrogens (primary N) is 2. The largest absolute Gasteiger partial charge is 0.457 e. The van der Waals surface area contributed by atoms with Gasteiger partial charge in [0.05, 0.1) is 11.2 Å². The number of primary amides is 1. The van der Waals surface area contributed by atoms with Crippen LogP contribution in [-0.4, -0.2) is 46.1 Å². The van der Waals surface area contributed by atoms with Crippen LogP contribution in [0.1, 0.15) is 12.0 Å². The van der Waals surface area contributed by atoms with Gasteiger partial charge in [-0.1, -0.05) is 48.5 Å². The predicted octanol–water partition coefficient (Wildman–Crippen LogP) is 3.61. The molecule has 4 amide bonds. The number of nitrogens with one attached hydrogen (secondary N) is 2. The summed E-state index contributed by atoms with van der Waals surface area (Å²) in [6, 6.07) is 21.7. The van der Waals surface area contributed by atoms with Gasteiger partial charge < -0.3 is 31.7 Å². The Hall–Kier alpha value is -4.83. The van der Waals surface area contributed by atoms with Crippen LogP contribution in [0.3, 0.4) is 0 Å². The monoisotopic (exact) mass is 512 g/mol. The number of rotatable bonds is 6. The first-order chi connectivity index (χ1) is 18.4. The lowest BCUT2D eigenvalue weighted by Gasteiger charge is -2.24. The molecule has 0 radical (unpaired) electrons. The first-order valence-electron chi connectivity index (χ1n) is 12.2. The summed E-state index contributed by atoms with van der Waals surface area (Å²) >= 11 is 0. The summed E-state index contributed by atoms with van der Waals surface area (Å²) in [5.41, 5.74) is 13.5. The van der Waals surface area contributed by atoms with Gasteiger partial charge in [-0.3, -0.25) is 9.36 Å². The number of anilines is 1. The van der Waals surface area contributed by atoms with Gasteiger partial charge in [0, 0.05) is 30.7 Å². The highest BCUT2D eigenvalue weighted by atomic mass is 16.5. The molecule has 2 heterocycles. The Morgan fingerprint density at radius 1 is 0.947 bits per heavy atom. The molecule has 0 unspecified atom stereocenters. The molecule has 10 nitrogen and oxygen atoms in total. The maximum absolute atomic E-state index is 13.2. The number of nitrogens with zero attached hydrogens (tertiary/aromatic N) is 2. The van der Waals surface area contributed by atoms with Crippen LogP contribution in [0.25, 0.3) is 10.9 Å². The van der Waals surface area contributed by atoms with Crippen molar-refractivity contribution in [3.8, 4) is 11.5 Å². The van der Waals surface area contributed by atoms with E-state index in [2.05, 4.69) is 10.6 Å². The van der Waals surface area contributed by atoms with Gasteiger partial charge in [0.1, 0.15) is 17.5 Å². The van der Waals surface area contributed by atoms with Crippen molar-refractivity contribution >= 4 is 34.6 Å². The summed E-state index contributed by atoms with van der Waals surface area (Å²) in [4.78, 5) is 39.6. The van der Waals surface area contributed by atoms with Gasteiger partial charge in [-0.2, -0.15) is 0 Å². The second kappa shape index (κ2) is 10.7. The smallest absolute Gasteiger partial charge is 0.323 e. The van der Waals surface area contributed by atoms with Gasteiger partial charge in [0.2, 0.25) is 5.91 Å². The van der Waals surface area contributed by atoms with Crippen LogP contribution in [0.2, 0.25) is 0 Å². The Balaban J connectivity index is 1.25. The summed E-state index contributed by atoms with van der Waals surface area (Å²) < 4.78 is 7.14. The number of hydrogen-bond acceptors (Lipinski definition) is 5. The Morgan fingerprint density at radius 3 is 2.47 bits per heavy atom. The lowest BCUT2D eigenvalue weighted by Crippen LogP contribution is -2.47. The van der Waals surface area contributed by atoms with Gasteiger partial charge in [-0.05, 0) is 42.3 Å². The third-order valence-corrected chi connectivity index (χ3v) is 6.43. The molecule has 38 heavy (non-hydrogen) atoms. The zero-order chi connectivity index (χ0) is 26.6. The van der Waals surface area contributed by atoms with E-state index in [0.717, 1.165) is 5.56 Å². The molecule has 0 aliphatic carbocycles. The molecular weight excluding hydrogens is 484 g/mol. The zero-order valence-corrected chi connectivity index (χ0v) is 20.5. The Bertz CT molecular complexity index is 1490. The topological polar surface area (TPSA) is 145 Å². The third-order valence-electron chi connectivity index (χ3n) is 6.43. The molecule has 5 rings (SSSR count). The minimum absolute atomic E-state index is 0.221.